The Hall–Kier alpha value is -0.370. The highest BCUT2D eigenvalue weighted by atomic mass is 16.1. The van der Waals surface area contributed by atoms with Gasteiger partial charge in [0.05, 0.1) is 0 Å². The van der Waals surface area contributed by atoms with Gasteiger partial charge in [-0.2, -0.15) is 0 Å². The average molecular weight is 140 g/mol. The number of rotatable bonds is 0. The molecule has 0 N–H and O–H groups in total. The van der Waals surface area contributed by atoms with E-state index in [4.69, 9.17) is 0 Å². The Bertz CT molecular complexity index is 130. The van der Waals surface area contributed by atoms with Gasteiger partial charge in [0.25, 0.3) is 0 Å². The third-order valence-corrected chi connectivity index (χ3v) is 2.18. The monoisotopic (exact) mass is 140 g/mol. The maximum atomic E-state index is 11.0. The first kappa shape index (κ1) is 7.73. The molecule has 0 aromatic rings. The zero-order valence-corrected chi connectivity index (χ0v) is 6.63. The Balaban J connectivity index is 2.57. The summed E-state index contributed by atoms with van der Waals surface area (Å²) in [6.45, 7) is 4.08. The number of carbonyl (C=O) groups is 1. The van der Waals surface area contributed by atoms with E-state index in [-0.39, 0.29) is 0 Å². The van der Waals surface area contributed by atoms with Gasteiger partial charge >= 0.3 is 0 Å². The zero-order chi connectivity index (χ0) is 7.72. The first-order valence-corrected chi connectivity index (χ1v) is 3.72. The molecule has 1 saturated heterocycles. The van der Waals surface area contributed by atoms with E-state index in [2.05, 4.69) is 7.05 Å². The van der Waals surface area contributed by atoms with Crippen LogP contribution in [0.25, 0.3) is 0 Å². The third-order valence-electron chi connectivity index (χ3n) is 2.18. The molecule has 2 nitrogen and oxygen atoms in total. The molecule has 2 heteroatoms. The number of hydrogen-bond donors (Lipinski definition) is 0. The standard InChI is InChI=1S/C8H14NO/c1-6-4-8(10)5-7(2)9(6)3/h6-7H,3-5H2,1-2H3. The Kier molecular flexibility index (Phi) is 2.09. The van der Waals surface area contributed by atoms with Crippen LogP contribution in [0.5, 0.6) is 0 Å². The SMILES string of the molecule is [CH2]N1C(C)CC(=O)CC1C. The number of likely N-dealkylation sites (tertiary alicyclic amines) is 1. The van der Waals surface area contributed by atoms with E-state index in [0.29, 0.717) is 30.7 Å². The number of hydrogen-bond acceptors (Lipinski definition) is 2. The van der Waals surface area contributed by atoms with Crippen molar-refractivity contribution >= 4 is 5.78 Å². The van der Waals surface area contributed by atoms with Crippen molar-refractivity contribution in [2.45, 2.75) is 38.8 Å². The maximum absolute atomic E-state index is 11.0. The van der Waals surface area contributed by atoms with Crippen LogP contribution in [0, 0.1) is 7.05 Å². The van der Waals surface area contributed by atoms with Gasteiger partial charge in [-0.25, -0.2) is 0 Å². The lowest BCUT2D eigenvalue weighted by atomic mass is 9.97. The minimum absolute atomic E-state index is 0.330. The summed E-state index contributed by atoms with van der Waals surface area (Å²) < 4.78 is 0. The Labute approximate surface area is 62.2 Å². The normalized spacial score (nSPS) is 36.5. The van der Waals surface area contributed by atoms with Gasteiger partial charge in [0, 0.05) is 32.0 Å². The average Bonchev–Trinajstić information content (AvgIpc) is 1.82. The number of nitrogens with zero attached hydrogens (tertiary/aromatic N) is 1. The minimum Gasteiger partial charge on any atom is -0.300 e. The van der Waals surface area contributed by atoms with Crippen LogP contribution in [-0.4, -0.2) is 22.8 Å². The molecule has 1 radical (unpaired) electrons. The van der Waals surface area contributed by atoms with E-state index in [1.807, 2.05) is 18.7 Å². The molecule has 1 heterocycles. The molecule has 0 aliphatic carbocycles. The number of carbonyl (C=O) groups excluding carboxylic acids is 1. The van der Waals surface area contributed by atoms with Crippen LogP contribution in [0.4, 0.5) is 0 Å². The summed E-state index contributed by atoms with van der Waals surface area (Å²) in [6.07, 6.45) is 1.35. The summed E-state index contributed by atoms with van der Waals surface area (Å²) in [5.74, 6) is 0.375. The van der Waals surface area contributed by atoms with Crippen LogP contribution in [-0.2, 0) is 4.79 Å². The fourth-order valence-electron chi connectivity index (χ4n) is 1.41. The van der Waals surface area contributed by atoms with Crippen LogP contribution in [0.15, 0.2) is 0 Å². The van der Waals surface area contributed by atoms with E-state index in [0.717, 1.165) is 0 Å². The van der Waals surface area contributed by atoms with E-state index < -0.39 is 0 Å². The van der Waals surface area contributed by atoms with Crippen LogP contribution >= 0.6 is 0 Å². The predicted molar refractivity (Wildman–Crippen MR) is 40.4 cm³/mol. The molecular weight excluding hydrogens is 126 g/mol. The van der Waals surface area contributed by atoms with Crippen molar-refractivity contribution in [2.75, 3.05) is 0 Å². The second-order valence-corrected chi connectivity index (χ2v) is 3.16. The van der Waals surface area contributed by atoms with Gasteiger partial charge in [0.15, 0.2) is 0 Å². The van der Waals surface area contributed by atoms with Crippen molar-refractivity contribution in [2.24, 2.45) is 0 Å². The summed E-state index contributed by atoms with van der Waals surface area (Å²) >= 11 is 0. The minimum atomic E-state index is 0.330. The zero-order valence-electron chi connectivity index (χ0n) is 6.63. The molecule has 57 valence electrons. The smallest absolute Gasteiger partial charge is 0.136 e. The molecule has 1 rings (SSSR count). The highest BCUT2D eigenvalue weighted by Gasteiger charge is 2.25. The van der Waals surface area contributed by atoms with Crippen LogP contribution < -0.4 is 0 Å². The molecule has 0 aromatic carbocycles. The van der Waals surface area contributed by atoms with E-state index in [1.165, 1.54) is 0 Å². The van der Waals surface area contributed by atoms with Crippen molar-refractivity contribution in [1.82, 2.24) is 4.90 Å². The van der Waals surface area contributed by atoms with E-state index in [9.17, 15) is 4.79 Å². The Morgan fingerprint density at radius 3 is 2.20 bits per heavy atom. The predicted octanol–water partition coefficient (Wildman–Crippen LogP) is 1.22. The molecule has 0 aromatic heterocycles. The molecule has 2 unspecified atom stereocenters. The van der Waals surface area contributed by atoms with Crippen molar-refractivity contribution < 1.29 is 4.79 Å². The van der Waals surface area contributed by atoms with Crippen molar-refractivity contribution in [3.8, 4) is 0 Å². The largest absolute Gasteiger partial charge is 0.300 e. The first-order valence-electron chi connectivity index (χ1n) is 3.72. The second-order valence-electron chi connectivity index (χ2n) is 3.16. The number of ketones is 1. The highest BCUT2D eigenvalue weighted by Crippen LogP contribution is 2.18. The Morgan fingerprint density at radius 2 is 1.80 bits per heavy atom. The van der Waals surface area contributed by atoms with Crippen molar-refractivity contribution in [3.05, 3.63) is 7.05 Å². The fourth-order valence-corrected chi connectivity index (χ4v) is 1.41. The van der Waals surface area contributed by atoms with Gasteiger partial charge in [0.2, 0.25) is 0 Å². The molecule has 1 aliphatic rings. The van der Waals surface area contributed by atoms with Gasteiger partial charge < -0.3 is 0 Å². The molecule has 10 heavy (non-hydrogen) atoms. The number of piperidine rings is 1. The molecule has 0 bridgehead atoms. The quantitative estimate of drug-likeness (QED) is 0.504. The van der Waals surface area contributed by atoms with Crippen LogP contribution in [0.3, 0.4) is 0 Å². The maximum Gasteiger partial charge on any atom is 0.136 e. The van der Waals surface area contributed by atoms with Crippen LogP contribution in [0.1, 0.15) is 26.7 Å². The van der Waals surface area contributed by atoms with Gasteiger partial charge in [-0.05, 0) is 13.8 Å². The molecule has 0 spiro atoms. The summed E-state index contributed by atoms with van der Waals surface area (Å²) in [5.41, 5.74) is 0. The van der Waals surface area contributed by atoms with E-state index in [1.54, 1.807) is 0 Å². The van der Waals surface area contributed by atoms with Crippen molar-refractivity contribution in [1.29, 1.82) is 0 Å². The van der Waals surface area contributed by atoms with Gasteiger partial charge in [-0.3, -0.25) is 9.69 Å². The molecule has 0 saturated carbocycles. The molecule has 1 aliphatic heterocycles. The van der Waals surface area contributed by atoms with Gasteiger partial charge in [-0.15, -0.1) is 0 Å². The molecule has 0 amide bonds. The summed E-state index contributed by atoms with van der Waals surface area (Å²) in [4.78, 5) is 13.0. The van der Waals surface area contributed by atoms with Crippen LogP contribution in [0.2, 0.25) is 0 Å². The van der Waals surface area contributed by atoms with Gasteiger partial charge in [-0.1, -0.05) is 0 Å². The lowest BCUT2D eigenvalue weighted by Crippen LogP contribution is -2.42. The lowest BCUT2D eigenvalue weighted by Gasteiger charge is -2.34. The molecular formula is C8H14NO. The topological polar surface area (TPSA) is 20.3 Å². The van der Waals surface area contributed by atoms with E-state index >= 15 is 0 Å². The highest BCUT2D eigenvalue weighted by molar-refractivity contribution is 5.80. The van der Waals surface area contributed by atoms with Gasteiger partial charge in [0.1, 0.15) is 5.78 Å². The second kappa shape index (κ2) is 2.70. The van der Waals surface area contributed by atoms with Crippen molar-refractivity contribution in [3.63, 3.8) is 0 Å². The Morgan fingerprint density at radius 1 is 1.40 bits per heavy atom. The molecule has 2 atom stereocenters. The first-order chi connectivity index (χ1) is 4.61. The molecule has 1 fully saturated rings. The fraction of sp³-hybridized carbons (Fsp3) is 0.750. The summed E-state index contributed by atoms with van der Waals surface area (Å²) in [6, 6.07) is 0.660. The number of Topliss-reactive ketones (excluding diaryl/α,β-unsaturated/α-hetero) is 1. The third kappa shape index (κ3) is 1.37. The lowest BCUT2D eigenvalue weighted by molar-refractivity contribution is -0.123. The summed E-state index contributed by atoms with van der Waals surface area (Å²) in [7, 11) is 3.88. The summed E-state index contributed by atoms with van der Waals surface area (Å²) in [5, 5.41) is 0.